The smallest absolute Gasteiger partial charge is 0.319 e. The number of urea groups is 1. The molecule has 2 amide bonds. The van der Waals surface area contributed by atoms with Gasteiger partial charge in [0.2, 0.25) is 0 Å². The van der Waals surface area contributed by atoms with Gasteiger partial charge in [0.05, 0.1) is 0 Å². The predicted octanol–water partition coefficient (Wildman–Crippen LogP) is 2.88. The Kier molecular flexibility index (Phi) is 5.87. The van der Waals surface area contributed by atoms with E-state index in [1.807, 2.05) is 12.1 Å². The van der Waals surface area contributed by atoms with E-state index in [-0.39, 0.29) is 11.6 Å². The Bertz CT molecular complexity index is 756. The van der Waals surface area contributed by atoms with Crippen molar-refractivity contribution in [3.05, 3.63) is 63.6 Å². The van der Waals surface area contributed by atoms with Crippen LogP contribution >= 0.6 is 11.8 Å². The molecule has 2 N–H and O–H groups in total. The maximum Gasteiger partial charge on any atom is 0.319 e. The van der Waals surface area contributed by atoms with E-state index in [1.54, 1.807) is 38.0 Å². The summed E-state index contributed by atoms with van der Waals surface area (Å²) < 4.78 is 1.44. The van der Waals surface area contributed by atoms with Gasteiger partial charge >= 0.3 is 6.03 Å². The molecule has 1 aromatic carbocycles. The molecule has 1 aromatic heterocycles. The molecule has 0 saturated carbocycles. The molecule has 0 atom stereocenters. The van der Waals surface area contributed by atoms with Gasteiger partial charge in [0, 0.05) is 25.5 Å². The standard InChI is InChI=1S/C17H21N3O2S/c1-12-7-8-20(2)16(21)15(12)19-17(22)18-10-13-5-4-6-14(9-13)11-23-3/h4-9H,10-11H2,1-3H3,(H2,18,19,22). The number of rotatable bonds is 5. The molecule has 6 heteroatoms. The van der Waals surface area contributed by atoms with Crippen molar-refractivity contribution in [1.29, 1.82) is 0 Å². The van der Waals surface area contributed by atoms with E-state index in [4.69, 9.17) is 0 Å². The minimum absolute atomic E-state index is 0.220. The van der Waals surface area contributed by atoms with E-state index in [0.29, 0.717) is 12.2 Å². The van der Waals surface area contributed by atoms with Gasteiger partial charge in [-0.15, -0.1) is 0 Å². The first-order valence-electron chi connectivity index (χ1n) is 7.29. The lowest BCUT2D eigenvalue weighted by molar-refractivity contribution is 0.251. The topological polar surface area (TPSA) is 63.1 Å². The van der Waals surface area contributed by atoms with Gasteiger partial charge in [-0.2, -0.15) is 11.8 Å². The van der Waals surface area contributed by atoms with Crippen molar-refractivity contribution in [3.8, 4) is 0 Å². The fourth-order valence-corrected chi connectivity index (χ4v) is 2.72. The fourth-order valence-electron chi connectivity index (χ4n) is 2.21. The fraction of sp³-hybridized carbons (Fsp3) is 0.294. The summed E-state index contributed by atoms with van der Waals surface area (Å²) in [6.45, 7) is 2.21. The van der Waals surface area contributed by atoms with Crippen molar-refractivity contribution >= 4 is 23.5 Å². The number of thioether (sulfide) groups is 1. The first-order chi connectivity index (χ1) is 11.0. The lowest BCUT2D eigenvalue weighted by Crippen LogP contribution is -2.32. The number of hydrogen-bond donors (Lipinski definition) is 2. The molecule has 2 rings (SSSR count). The molecule has 23 heavy (non-hydrogen) atoms. The molecular formula is C17H21N3O2S. The lowest BCUT2D eigenvalue weighted by atomic mass is 10.1. The predicted molar refractivity (Wildman–Crippen MR) is 95.9 cm³/mol. The number of benzene rings is 1. The first kappa shape index (κ1) is 17.1. The highest BCUT2D eigenvalue weighted by Crippen LogP contribution is 2.11. The van der Waals surface area contributed by atoms with Crippen LogP contribution < -0.4 is 16.2 Å². The molecule has 0 bridgehead atoms. The van der Waals surface area contributed by atoms with Crippen molar-refractivity contribution < 1.29 is 4.79 Å². The minimum Gasteiger partial charge on any atom is -0.334 e. The Hall–Kier alpha value is -2.21. The zero-order valence-electron chi connectivity index (χ0n) is 13.6. The number of aryl methyl sites for hydroxylation is 2. The van der Waals surface area contributed by atoms with Gasteiger partial charge in [-0.1, -0.05) is 24.3 Å². The zero-order valence-corrected chi connectivity index (χ0v) is 14.4. The summed E-state index contributed by atoms with van der Waals surface area (Å²) in [6.07, 6.45) is 3.74. The normalized spacial score (nSPS) is 10.4. The maximum atomic E-state index is 12.0. The Morgan fingerprint density at radius 1 is 1.26 bits per heavy atom. The first-order valence-corrected chi connectivity index (χ1v) is 8.68. The maximum absolute atomic E-state index is 12.0. The van der Waals surface area contributed by atoms with E-state index in [9.17, 15) is 9.59 Å². The van der Waals surface area contributed by atoms with Crippen LogP contribution in [-0.4, -0.2) is 16.9 Å². The summed E-state index contributed by atoms with van der Waals surface area (Å²) in [4.78, 5) is 24.1. The Morgan fingerprint density at radius 2 is 2.00 bits per heavy atom. The van der Waals surface area contributed by atoms with Gasteiger partial charge < -0.3 is 15.2 Å². The summed E-state index contributed by atoms with van der Waals surface area (Å²) >= 11 is 1.76. The van der Waals surface area contributed by atoms with E-state index in [2.05, 4.69) is 29.0 Å². The molecule has 1 heterocycles. The van der Waals surface area contributed by atoms with E-state index < -0.39 is 0 Å². The van der Waals surface area contributed by atoms with Crippen LogP contribution in [0.4, 0.5) is 10.5 Å². The van der Waals surface area contributed by atoms with Crippen LogP contribution in [0.2, 0.25) is 0 Å². The third-order valence-corrected chi connectivity index (χ3v) is 4.09. The molecule has 0 radical (unpaired) electrons. The average Bonchev–Trinajstić information content (AvgIpc) is 2.54. The van der Waals surface area contributed by atoms with E-state index >= 15 is 0 Å². The number of nitrogens with zero attached hydrogens (tertiary/aromatic N) is 1. The number of anilines is 1. The Labute approximate surface area is 140 Å². The molecule has 0 aliphatic heterocycles. The van der Waals surface area contributed by atoms with Gasteiger partial charge in [0.15, 0.2) is 0 Å². The summed E-state index contributed by atoms with van der Waals surface area (Å²) in [5.74, 6) is 0.944. The number of aromatic nitrogens is 1. The van der Waals surface area contributed by atoms with Crippen molar-refractivity contribution in [1.82, 2.24) is 9.88 Å². The van der Waals surface area contributed by atoms with Gasteiger partial charge in [0.1, 0.15) is 5.69 Å². The quantitative estimate of drug-likeness (QED) is 0.885. The molecule has 0 fully saturated rings. The van der Waals surface area contributed by atoms with Crippen molar-refractivity contribution in [2.45, 2.75) is 19.2 Å². The number of carbonyl (C=O) groups excluding carboxylic acids is 1. The number of amides is 2. The molecule has 0 saturated heterocycles. The number of pyridine rings is 1. The summed E-state index contributed by atoms with van der Waals surface area (Å²) in [7, 11) is 1.65. The molecule has 0 spiro atoms. The van der Waals surface area contributed by atoms with Crippen molar-refractivity contribution in [2.24, 2.45) is 7.05 Å². The minimum atomic E-state index is -0.383. The summed E-state index contributed by atoms with van der Waals surface area (Å²) in [6, 6.07) is 9.50. The van der Waals surface area contributed by atoms with Crippen LogP contribution in [0, 0.1) is 6.92 Å². The molecule has 0 aliphatic rings. The summed E-state index contributed by atoms with van der Waals surface area (Å²) in [5, 5.41) is 5.43. The van der Waals surface area contributed by atoms with Crippen LogP contribution in [0.15, 0.2) is 41.3 Å². The highest BCUT2D eigenvalue weighted by Gasteiger charge is 2.09. The number of hydrogen-bond acceptors (Lipinski definition) is 3. The highest BCUT2D eigenvalue weighted by atomic mass is 32.2. The van der Waals surface area contributed by atoms with Gasteiger partial charge in [-0.05, 0) is 35.9 Å². The molecular weight excluding hydrogens is 310 g/mol. The second-order valence-electron chi connectivity index (χ2n) is 5.35. The monoisotopic (exact) mass is 331 g/mol. The van der Waals surface area contributed by atoms with Gasteiger partial charge in [0.25, 0.3) is 5.56 Å². The van der Waals surface area contributed by atoms with Crippen LogP contribution in [0.25, 0.3) is 0 Å². The molecule has 0 aliphatic carbocycles. The molecule has 122 valence electrons. The van der Waals surface area contributed by atoms with Gasteiger partial charge in [-0.3, -0.25) is 4.79 Å². The molecule has 5 nitrogen and oxygen atoms in total. The van der Waals surface area contributed by atoms with Crippen LogP contribution in [0.5, 0.6) is 0 Å². The van der Waals surface area contributed by atoms with Crippen molar-refractivity contribution in [2.75, 3.05) is 11.6 Å². The average molecular weight is 331 g/mol. The van der Waals surface area contributed by atoms with E-state index in [0.717, 1.165) is 16.9 Å². The third kappa shape index (κ3) is 4.63. The van der Waals surface area contributed by atoms with E-state index in [1.165, 1.54) is 10.1 Å². The number of carbonyl (C=O) groups is 1. The molecule has 2 aromatic rings. The van der Waals surface area contributed by atoms with Crippen LogP contribution in [-0.2, 0) is 19.3 Å². The highest BCUT2D eigenvalue weighted by molar-refractivity contribution is 7.97. The van der Waals surface area contributed by atoms with Crippen LogP contribution in [0.1, 0.15) is 16.7 Å². The zero-order chi connectivity index (χ0) is 16.8. The second kappa shape index (κ2) is 7.87. The summed E-state index contributed by atoms with van der Waals surface area (Å²) in [5.41, 5.74) is 3.09. The largest absolute Gasteiger partial charge is 0.334 e. The third-order valence-electron chi connectivity index (χ3n) is 3.47. The second-order valence-corrected chi connectivity index (χ2v) is 6.22. The van der Waals surface area contributed by atoms with Crippen molar-refractivity contribution in [3.63, 3.8) is 0 Å². The Morgan fingerprint density at radius 3 is 2.74 bits per heavy atom. The molecule has 0 unspecified atom stereocenters. The SMILES string of the molecule is CSCc1cccc(CNC(=O)Nc2c(C)ccn(C)c2=O)c1. The Balaban J connectivity index is 2.00. The van der Waals surface area contributed by atoms with Gasteiger partial charge in [-0.25, -0.2) is 4.79 Å². The lowest BCUT2D eigenvalue weighted by Gasteiger charge is -2.11. The van der Waals surface area contributed by atoms with Crippen LogP contribution in [0.3, 0.4) is 0 Å². The number of nitrogens with one attached hydrogen (secondary N) is 2.